The standard InChI is InChI=1S/C16H21N3O3/c1-22-14-6-2-11(3-7-14)9-17-16(21)18-12-8-15(20)19(10-12)13-4-5-13/h2-3,6-7,12-13H,4-5,8-10H2,1H3,(H2,17,18,21). The zero-order chi connectivity index (χ0) is 15.5. The molecule has 1 unspecified atom stereocenters. The Morgan fingerprint density at radius 1 is 1.32 bits per heavy atom. The van der Waals surface area contributed by atoms with Crippen LogP contribution < -0.4 is 15.4 Å². The van der Waals surface area contributed by atoms with Gasteiger partial charge in [-0.15, -0.1) is 0 Å². The van der Waals surface area contributed by atoms with Crippen molar-refractivity contribution in [1.29, 1.82) is 0 Å². The van der Waals surface area contributed by atoms with E-state index in [1.807, 2.05) is 29.2 Å². The number of carbonyl (C=O) groups is 2. The van der Waals surface area contributed by atoms with Crippen LogP contribution in [0.5, 0.6) is 5.75 Å². The van der Waals surface area contributed by atoms with E-state index in [1.54, 1.807) is 7.11 Å². The van der Waals surface area contributed by atoms with Gasteiger partial charge in [-0.2, -0.15) is 0 Å². The number of benzene rings is 1. The van der Waals surface area contributed by atoms with Gasteiger partial charge in [0.2, 0.25) is 5.91 Å². The highest BCUT2D eigenvalue weighted by molar-refractivity contribution is 5.82. The molecule has 0 aromatic heterocycles. The third-order valence-corrected chi connectivity index (χ3v) is 4.09. The molecule has 118 valence electrons. The second-order valence-electron chi connectivity index (χ2n) is 5.85. The third-order valence-electron chi connectivity index (χ3n) is 4.09. The number of amides is 3. The molecule has 1 atom stereocenters. The van der Waals surface area contributed by atoms with E-state index in [4.69, 9.17) is 4.74 Å². The number of nitrogens with one attached hydrogen (secondary N) is 2. The van der Waals surface area contributed by atoms with E-state index in [1.165, 1.54) is 0 Å². The Bertz CT molecular complexity index is 554. The molecular weight excluding hydrogens is 282 g/mol. The molecular formula is C16H21N3O3. The lowest BCUT2D eigenvalue weighted by Crippen LogP contribution is -2.43. The van der Waals surface area contributed by atoms with Crippen LogP contribution in [0, 0.1) is 0 Å². The Labute approximate surface area is 129 Å². The molecule has 1 saturated carbocycles. The van der Waals surface area contributed by atoms with E-state index in [-0.39, 0.29) is 18.0 Å². The van der Waals surface area contributed by atoms with Crippen molar-refractivity contribution >= 4 is 11.9 Å². The predicted molar refractivity (Wildman–Crippen MR) is 81.5 cm³/mol. The fourth-order valence-electron chi connectivity index (χ4n) is 2.73. The van der Waals surface area contributed by atoms with Gasteiger partial charge < -0.3 is 20.3 Å². The van der Waals surface area contributed by atoms with E-state index in [0.29, 0.717) is 25.6 Å². The Morgan fingerprint density at radius 2 is 2.05 bits per heavy atom. The van der Waals surface area contributed by atoms with Gasteiger partial charge >= 0.3 is 6.03 Å². The van der Waals surface area contributed by atoms with Gasteiger partial charge in [-0.05, 0) is 30.5 Å². The fraction of sp³-hybridized carbons (Fsp3) is 0.500. The topological polar surface area (TPSA) is 70.7 Å². The molecule has 1 saturated heterocycles. The lowest BCUT2D eigenvalue weighted by molar-refractivity contribution is -0.128. The normalized spacial score (nSPS) is 20.9. The maximum absolute atomic E-state index is 11.9. The van der Waals surface area contributed by atoms with Crippen LogP contribution in [0.2, 0.25) is 0 Å². The summed E-state index contributed by atoms with van der Waals surface area (Å²) in [6.45, 7) is 1.09. The summed E-state index contributed by atoms with van der Waals surface area (Å²) in [5.41, 5.74) is 0.998. The van der Waals surface area contributed by atoms with E-state index >= 15 is 0 Å². The molecule has 6 heteroatoms. The molecule has 2 N–H and O–H groups in total. The van der Waals surface area contributed by atoms with Crippen molar-refractivity contribution in [2.24, 2.45) is 0 Å². The van der Waals surface area contributed by atoms with Crippen molar-refractivity contribution < 1.29 is 14.3 Å². The largest absolute Gasteiger partial charge is 0.497 e. The minimum absolute atomic E-state index is 0.0797. The van der Waals surface area contributed by atoms with Gasteiger partial charge in [0.1, 0.15) is 5.75 Å². The number of nitrogens with zero attached hydrogens (tertiary/aromatic N) is 1. The summed E-state index contributed by atoms with van der Waals surface area (Å²) in [5.74, 6) is 0.945. The molecule has 1 aromatic carbocycles. The first-order valence-electron chi connectivity index (χ1n) is 7.62. The lowest BCUT2D eigenvalue weighted by atomic mass is 10.2. The highest BCUT2D eigenvalue weighted by atomic mass is 16.5. The number of carbonyl (C=O) groups excluding carboxylic acids is 2. The van der Waals surface area contributed by atoms with Crippen LogP contribution in [0.15, 0.2) is 24.3 Å². The highest BCUT2D eigenvalue weighted by Gasteiger charge is 2.39. The zero-order valence-corrected chi connectivity index (χ0v) is 12.7. The molecule has 6 nitrogen and oxygen atoms in total. The molecule has 3 amide bonds. The van der Waals surface area contributed by atoms with Gasteiger partial charge in [-0.1, -0.05) is 12.1 Å². The maximum Gasteiger partial charge on any atom is 0.315 e. The fourth-order valence-corrected chi connectivity index (χ4v) is 2.73. The molecule has 1 heterocycles. The van der Waals surface area contributed by atoms with Gasteiger partial charge in [0.15, 0.2) is 0 Å². The number of methoxy groups -OCH3 is 1. The first-order valence-corrected chi connectivity index (χ1v) is 7.62. The van der Waals surface area contributed by atoms with E-state index in [0.717, 1.165) is 24.2 Å². The second kappa shape index (κ2) is 6.25. The van der Waals surface area contributed by atoms with E-state index in [9.17, 15) is 9.59 Å². The first kappa shape index (κ1) is 14.7. The SMILES string of the molecule is COc1ccc(CNC(=O)NC2CC(=O)N(C3CC3)C2)cc1. The minimum Gasteiger partial charge on any atom is -0.497 e. The third kappa shape index (κ3) is 3.50. The Hall–Kier alpha value is -2.24. The first-order chi connectivity index (χ1) is 10.7. The van der Waals surface area contributed by atoms with Gasteiger partial charge in [0.05, 0.1) is 13.2 Å². The van der Waals surface area contributed by atoms with Crippen molar-refractivity contribution in [3.8, 4) is 5.75 Å². The summed E-state index contributed by atoms with van der Waals surface area (Å²) in [7, 11) is 1.62. The molecule has 0 spiro atoms. The zero-order valence-electron chi connectivity index (χ0n) is 12.7. The highest BCUT2D eigenvalue weighted by Crippen LogP contribution is 2.30. The van der Waals surface area contributed by atoms with Crippen LogP contribution in [0.25, 0.3) is 0 Å². The molecule has 1 aliphatic heterocycles. The van der Waals surface area contributed by atoms with Crippen LogP contribution in [-0.4, -0.2) is 42.6 Å². The monoisotopic (exact) mass is 303 g/mol. The van der Waals surface area contributed by atoms with Crippen LogP contribution in [0.4, 0.5) is 4.79 Å². The predicted octanol–water partition coefficient (Wildman–Crippen LogP) is 1.26. The Kier molecular flexibility index (Phi) is 4.18. The minimum atomic E-state index is -0.230. The molecule has 0 radical (unpaired) electrons. The molecule has 1 aromatic rings. The maximum atomic E-state index is 11.9. The van der Waals surface area contributed by atoms with Crippen molar-refractivity contribution in [2.75, 3.05) is 13.7 Å². The molecule has 3 rings (SSSR count). The van der Waals surface area contributed by atoms with Gasteiger partial charge in [-0.25, -0.2) is 4.79 Å². The van der Waals surface area contributed by atoms with E-state index < -0.39 is 0 Å². The van der Waals surface area contributed by atoms with Crippen LogP contribution in [-0.2, 0) is 11.3 Å². The van der Waals surface area contributed by atoms with Crippen molar-refractivity contribution in [1.82, 2.24) is 15.5 Å². The quantitative estimate of drug-likeness (QED) is 0.860. The molecule has 2 aliphatic rings. The van der Waals surface area contributed by atoms with Gasteiger partial charge in [0.25, 0.3) is 0 Å². The number of likely N-dealkylation sites (tertiary alicyclic amines) is 1. The summed E-state index contributed by atoms with van der Waals surface area (Å²) < 4.78 is 5.09. The van der Waals surface area contributed by atoms with Crippen LogP contribution in [0.1, 0.15) is 24.8 Å². The smallest absolute Gasteiger partial charge is 0.315 e. The Balaban J connectivity index is 1.43. The van der Waals surface area contributed by atoms with Crippen LogP contribution >= 0.6 is 0 Å². The van der Waals surface area contributed by atoms with Crippen LogP contribution in [0.3, 0.4) is 0 Å². The second-order valence-corrected chi connectivity index (χ2v) is 5.85. The van der Waals surface area contributed by atoms with Crippen molar-refractivity contribution in [2.45, 2.75) is 37.9 Å². The molecule has 22 heavy (non-hydrogen) atoms. The number of rotatable bonds is 5. The number of hydrogen-bond donors (Lipinski definition) is 2. The summed E-state index contributed by atoms with van der Waals surface area (Å²) in [5, 5.41) is 5.69. The van der Waals surface area contributed by atoms with Gasteiger partial charge in [-0.3, -0.25) is 4.79 Å². The average Bonchev–Trinajstić information content (AvgIpc) is 3.30. The Morgan fingerprint density at radius 3 is 2.68 bits per heavy atom. The van der Waals surface area contributed by atoms with Gasteiger partial charge in [0, 0.05) is 25.6 Å². The van der Waals surface area contributed by atoms with Crippen molar-refractivity contribution in [3.63, 3.8) is 0 Å². The van der Waals surface area contributed by atoms with Crippen molar-refractivity contribution in [3.05, 3.63) is 29.8 Å². The number of urea groups is 1. The summed E-state index contributed by atoms with van der Waals surface area (Å²) in [6.07, 6.45) is 2.61. The number of hydrogen-bond acceptors (Lipinski definition) is 3. The molecule has 2 fully saturated rings. The lowest BCUT2D eigenvalue weighted by Gasteiger charge is -2.16. The average molecular weight is 303 g/mol. The molecule has 0 bridgehead atoms. The molecule has 1 aliphatic carbocycles. The van der Waals surface area contributed by atoms with E-state index in [2.05, 4.69) is 10.6 Å². The summed E-state index contributed by atoms with van der Waals surface area (Å²) in [6, 6.07) is 7.65. The summed E-state index contributed by atoms with van der Waals surface area (Å²) in [4.78, 5) is 25.6. The summed E-state index contributed by atoms with van der Waals surface area (Å²) >= 11 is 0. The number of ether oxygens (including phenoxy) is 1.